The molecule has 2 rings (SSSR count). The van der Waals surface area contributed by atoms with Crippen LogP contribution in [0.5, 0.6) is 0 Å². The van der Waals surface area contributed by atoms with Gasteiger partial charge in [-0.25, -0.2) is 0 Å². The monoisotopic (exact) mass is 305 g/mol. The van der Waals surface area contributed by atoms with Crippen LogP contribution in [0.2, 0.25) is 5.02 Å². The molecule has 0 aliphatic heterocycles. The molecular formula is C14H12ClN3O3. The van der Waals surface area contributed by atoms with Gasteiger partial charge in [-0.1, -0.05) is 17.7 Å². The van der Waals surface area contributed by atoms with Crippen molar-refractivity contribution in [2.24, 2.45) is 0 Å². The van der Waals surface area contributed by atoms with E-state index in [0.717, 1.165) is 11.8 Å². The number of carbonyl (C=O) groups excluding carboxylic acids is 1. The number of aryl methyl sites for hydroxylation is 1. The standard InChI is InChI=1S/C14H12ClN3O3/c1-9-3-2-4-11(17-9)8-16-14(19)10-5-6-12(15)13(7-10)18(20)21/h2-7H,8H2,1H3,(H,16,19). The smallest absolute Gasteiger partial charge is 0.288 e. The molecule has 0 bridgehead atoms. The Morgan fingerprint density at radius 3 is 2.81 bits per heavy atom. The van der Waals surface area contributed by atoms with Crippen LogP contribution in [0.1, 0.15) is 21.7 Å². The molecule has 1 amide bonds. The molecule has 0 saturated carbocycles. The highest BCUT2D eigenvalue weighted by molar-refractivity contribution is 6.32. The fourth-order valence-electron chi connectivity index (χ4n) is 1.76. The van der Waals surface area contributed by atoms with E-state index < -0.39 is 10.8 Å². The Labute approximate surface area is 125 Å². The average molecular weight is 306 g/mol. The number of nitro benzene ring substituents is 1. The van der Waals surface area contributed by atoms with Crippen molar-refractivity contribution in [3.8, 4) is 0 Å². The van der Waals surface area contributed by atoms with Gasteiger partial charge in [0.25, 0.3) is 11.6 Å². The fourth-order valence-corrected chi connectivity index (χ4v) is 1.95. The van der Waals surface area contributed by atoms with Gasteiger partial charge in [0, 0.05) is 17.3 Å². The molecule has 0 fully saturated rings. The lowest BCUT2D eigenvalue weighted by molar-refractivity contribution is -0.384. The molecule has 0 aliphatic carbocycles. The van der Waals surface area contributed by atoms with Crippen LogP contribution in [0.15, 0.2) is 36.4 Å². The first-order valence-electron chi connectivity index (χ1n) is 6.12. The van der Waals surface area contributed by atoms with Crippen molar-refractivity contribution in [1.82, 2.24) is 10.3 Å². The molecule has 6 nitrogen and oxygen atoms in total. The van der Waals surface area contributed by atoms with Gasteiger partial charge in [0.15, 0.2) is 0 Å². The Bertz CT molecular complexity index is 704. The van der Waals surface area contributed by atoms with E-state index in [-0.39, 0.29) is 22.8 Å². The van der Waals surface area contributed by atoms with E-state index in [9.17, 15) is 14.9 Å². The summed E-state index contributed by atoms with van der Waals surface area (Å²) in [6, 6.07) is 9.41. The highest BCUT2D eigenvalue weighted by atomic mass is 35.5. The Kier molecular flexibility index (Phi) is 4.49. The van der Waals surface area contributed by atoms with Crippen LogP contribution >= 0.6 is 11.6 Å². The van der Waals surface area contributed by atoms with Crippen LogP contribution in [-0.4, -0.2) is 15.8 Å². The zero-order chi connectivity index (χ0) is 15.4. The summed E-state index contributed by atoms with van der Waals surface area (Å²) in [7, 11) is 0. The highest BCUT2D eigenvalue weighted by Gasteiger charge is 2.16. The summed E-state index contributed by atoms with van der Waals surface area (Å²) in [5.41, 5.74) is 1.45. The molecule has 1 N–H and O–H groups in total. The number of nitrogens with one attached hydrogen (secondary N) is 1. The van der Waals surface area contributed by atoms with Gasteiger partial charge in [0.1, 0.15) is 5.02 Å². The number of hydrogen-bond acceptors (Lipinski definition) is 4. The van der Waals surface area contributed by atoms with Crippen LogP contribution in [0.4, 0.5) is 5.69 Å². The summed E-state index contributed by atoms with van der Waals surface area (Å²) in [5.74, 6) is -0.418. The van der Waals surface area contributed by atoms with Gasteiger partial charge < -0.3 is 5.32 Å². The van der Waals surface area contributed by atoms with Crippen molar-refractivity contribution in [2.45, 2.75) is 13.5 Å². The number of nitro groups is 1. The van der Waals surface area contributed by atoms with Crippen molar-refractivity contribution in [1.29, 1.82) is 0 Å². The SMILES string of the molecule is Cc1cccc(CNC(=O)c2ccc(Cl)c([N+](=O)[O-])c2)n1. The molecule has 0 aliphatic rings. The van der Waals surface area contributed by atoms with E-state index in [0.29, 0.717) is 5.69 Å². The first kappa shape index (κ1) is 14.9. The van der Waals surface area contributed by atoms with Gasteiger partial charge in [-0.05, 0) is 31.2 Å². The summed E-state index contributed by atoms with van der Waals surface area (Å²) in [4.78, 5) is 26.4. The van der Waals surface area contributed by atoms with Crippen molar-refractivity contribution in [2.75, 3.05) is 0 Å². The molecule has 0 radical (unpaired) electrons. The molecule has 7 heteroatoms. The zero-order valence-corrected chi connectivity index (χ0v) is 11.9. The topological polar surface area (TPSA) is 85.1 Å². The first-order valence-corrected chi connectivity index (χ1v) is 6.50. The van der Waals surface area contributed by atoms with Crippen molar-refractivity contribution in [3.05, 3.63) is 68.5 Å². The van der Waals surface area contributed by atoms with Gasteiger partial charge in [-0.3, -0.25) is 19.9 Å². The Morgan fingerprint density at radius 1 is 1.38 bits per heavy atom. The van der Waals surface area contributed by atoms with Gasteiger partial charge in [-0.15, -0.1) is 0 Å². The minimum atomic E-state index is -0.624. The Hall–Kier alpha value is -2.47. The third kappa shape index (κ3) is 3.76. The number of benzene rings is 1. The lowest BCUT2D eigenvalue weighted by Crippen LogP contribution is -2.23. The molecule has 21 heavy (non-hydrogen) atoms. The average Bonchev–Trinajstić information content (AvgIpc) is 2.45. The predicted octanol–water partition coefficient (Wildman–Crippen LogP) is 2.88. The van der Waals surface area contributed by atoms with Crippen molar-refractivity contribution in [3.63, 3.8) is 0 Å². The van der Waals surface area contributed by atoms with E-state index in [1.807, 2.05) is 19.1 Å². The van der Waals surface area contributed by atoms with Gasteiger partial charge in [0.05, 0.1) is 17.2 Å². The number of hydrogen-bond donors (Lipinski definition) is 1. The van der Waals surface area contributed by atoms with Gasteiger partial charge in [0.2, 0.25) is 0 Å². The molecule has 2 aromatic rings. The molecule has 1 heterocycles. The molecule has 0 spiro atoms. The largest absolute Gasteiger partial charge is 0.346 e. The van der Waals surface area contributed by atoms with Gasteiger partial charge in [-0.2, -0.15) is 0 Å². The number of amides is 1. The normalized spacial score (nSPS) is 10.2. The fraction of sp³-hybridized carbons (Fsp3) is 0.143. The maximum absolute atomic E-state index is 12.0. The number of carbonyl (C=O) groups is 1. The zero-order valence-electron chi connectivity index (χ0n) is 11.2. The molecule has 0 unspecified atom stereocenters. The number of rotatable bonds is 4. The van der Waals surface area contributed by atoms with E-state index in [4.69, 9.17) is 11.6 Å². The maximum atomic E-state index is 12.0. The van der Waals surface area contributed by atoms with E-state index >= 15 is 0 Å². The summed E-state index contributed by atoms with van der Waals surface area (Å²) in [5, 5.41) is 13.5. The Morgan fingerprint density at radius 2 is 2.14 bits per heavy atom. The van der Waals surface area contributed by atoms with Crippen molar-refractivity contribution < 1.29 is 9.72 Å². The third-order valence-corrected chi connectivity index (χ3v) is 3.10. The quantitative estimate of drug-likeness (QED) is 0.695. The second kappa shape index (κ2) is 6.32. The molecule has 1 aromatic carbocycles. The van der Waals surface area contributed by atoms with E-state index in [1.165, 1.54) is 12.1 Å². The highest BCUT2D eigenvalue weighted by Crippen LogP contribution is 2.24. The van der Waals surface area contributed by atoms with Crippen molar-refractivity contribution >= 4 is 23.2 Å². The maximum Gasteiger partial charge on any atom is 0.288 e. The number of pyridine rings is 1. The predicted molar refractivity (Wildman–Crippen MR) is 78.3 cm³/mol. The lowest BCUT2D eigenvalue weighted by atomic mass is 10.2. The van der Waals surface area contributed by atoms with Gasteiger partial charge >= 0.3 is 0 Å². The van der Waals surface area contributed by atoms with E-state index in [1.54, 1.807) is 6.07 Å². The molecular weight excluding hydrogens is 294 g/mol. The number of halogens is 1. The van der Waals surface area contributed by atoms with Crippen LogP contribution in [0.3, 0.4) is 0 Å². The minimum Gasteiger partial charge on any atom is -0.346 e. The minimum absolute atomic E-state index is 0.00287. The first-order chi connectivity index (χ1) is 9.97. The van der Waals surface area contributed by atoms with Crippen LogP contribution in [0, 0.1) is 17.0 Å². The van der Waals surface area contributed by atoms with Crippen LogP contribution in [0.25, 0.3) is 0 Å². The van der Waals surface area contributed by atoms with Crippen LogP contribution < -0.4 is 5.32 Å². The number of nitrogens with zero attached hydrogens (tertiary/aromatic N) is 2. The molecule has 108 valence electrons. The third-order valence-electron chi connectivity index (χ3n) is 2.78. The second-order valence-electron chi connectivity index (χ2n) is 4.38. The van der Waals surface area contributed by atoms with E-state index in [2.05, 4.69) is 10.3 Å². The molecule has 1 aromatic heterocycles. The summed E-state index contributed by atoms with van der Waals surface area (Å²) in [6.07, 6.45) is 0. The summed E-state index contributed by atoms with van der Waals surface area (Å²) in [6.45, 7) is 2.10. The molecule has 0 saturated heterocycles. The lowest BCUT2D eigenvalue weighted by Gasteiger charge is -2.06. The molecule has 0 atom stereocenters. The summed E-state index contributed by atoms with van der Waals surface area (Å²) < 4.78 is 0. The second-order valence-corrected chi connectivity index (χ2v) is 4.78. The Balaban J connectivity index is 2.10. The number of aromatic nitrogens is 1. The summed E-state index contributed by atoms with van der Waals surface area (Å²) >= 11 is 5.70. The van der Waals surface area contributed by atoms with Crippen LogP contribution in [-0.2, 0) is 6.54 Å².